The summed E-state index contributed by atoms with van der Waals surface area (Å²) in [6.07, 6.45) is 2.05. The summed E-state index contributed by atoms with van der Waals surface area (Å²) in [6, 6.07) is 8.51. The van der Waals surface area contributed by atoms with Gasteiger partial charge in [0.2, 0.25) is 0 Å². The first-order valence-corrected chi connectivity index (χ1v) is 8.70. The molecule has 0 atom stereocenters. The Morgan fingerprint density at radius 2 is 1.88 bits per heavy atom. The number of nitrogens with zero attached hydrogens (tertiary/aromatic N) is 3. The molecule has 1 aromatic carbocycles. The molecule has 0 aliphatic heterocycles. The summed E-state index contributed by atoms with van der Waals surface area (Å²) in [5.74, 6) is 0.942. The van der Waals surface area contributed by atoms with E-state index < -0.39 is 0 Å². The molecular formula is C18H23ClN4O2. The summed E-state index contributed by atoms with van der Waals surface area (Å²) in [5, 5.41) is 11.5. The fourth-order valence-corrected chi connectivity index (χ4v) is 2.63. The van der Waals surface area contributed by atoms with E-state index in [4.69, 9.17) is 16.3 Å². The van der Waals surface area contributed by atoms with Gasteiger partial charge in [-0.05, 0) is 43.2 Å². The highest BCUT2D eigenvalue weighted by molar-refractivity contribution is 6.31. The first-order chi connectivity index (χ1) is 12.1. The Bertz CT molecular complexity index is 701. The predicted octanol–water partition coefficient (Wildman–Crippen LogP) is 4.02. The second-order valence-electron chi connectivity index (χ2n) is 5.56. The lowest BCUT2D eigenvalue weighted by Gasteiger charge is -2.21. The lowest BCUT2D eigenvalue weighted by atomic mass is 10.2. The van der Waals surface area contributed by atoms with Gasteiger partial charge in [0.05, 0.1) is 12.8 Å². The Hall–Kier alpha value is -2.34. The molecule has 0 bridgehead atoms. The van der Waals surface area contributed by atoms with E-state index in [1.807, 2.05) is 6.07 Å². The van der Waals surface area contributed by atoms with E-state index in [2.05, 4.69) is 34.3 Å². The van der Waals surface area contributed by atoms with Crippen LogP contribution in [-0.4, -0.2) is 36.3 Å². The molecule has 0 aliphatic rings. The smallest absolute Gasteiger partial charge is 0.276 e. The highest BCUT2D eigenvalue weighted by atomic mass is 35.5. The van der Waals surface area contributed by atoms with Gasteiger partial charge < -0.3 is 15.0 Å². The minimum absolute atomic E-state index is 0.235. The average Bonchev–Trinajstić information content (AvgIpc) is 2.62. The van der Waals surface area contributed by atoms with Crippen molar-refractivity contribution in [2.75, 3.05) is 30.4 Å². The molecule has 1 heterocycles. The number of carbonyl (C=O) groups excluding carboxylic acids is 1. The summed E-state index contributed by atoms with van der Waals surface area (Å²) in [7, 11) is 1.53. The van der Waals surface area contributed by atoms with Crippen LogP contribution in [-0.2, 0) is 0 Å². The number of amides is 1. The molecule has 2 rings (SSSR count). The Morgan fingerprint density at radius 3 is 2.44 bits per heavy atom. The zero-order valence-electron chi connectivity index (χ0n) is 14.8. The number of halogens is 1. The summed E-state index contributed by atoms with van der Waals surface area (Å²) < 4.78 is 5.23. The second kappa shape index (κ2) is 9.22. The van der Waals surface area contributed by atoms with E-state index in [1.165, 1.54) is 7.11 Å². The van der Waals surface area contributed by atoms with E-state index in [0.29, 0.717) is 16.5 Å². The molecule has 0 aliphatic carbocycles. The van der Waals surface area contributed by atoms with Gasteiger partial charge in [-0.1, -0.05) is 25.4 Å². The summed E-state index contributed by atoms with van der Waals surface area (Å²) in [5.41, 5.74) is 0.725. The summed E-state index contributed by atoms with van der Waals surface area (Å²) in [6.45, 7) is 6.06. The van der Waals surface area contributed by atoms with Crippen LogP contribution in [0.15, 0.2) is 30.3 Å². The molecule has 0 spiro atoms. The standard InChI is InChI=1S/C18H23ClN4O2/c1-4-10-23(11-5-2)17-9-7-14(21-22-17)18(24)20-15-12-13(19)6-8-16(15)25-3/h6-9,12H,4-5,10-11H2,1-3H3,(H,20,24). The van der Waals surface area contributed by atoms with E-state index in [-0.39, 0.29) is 11.6 Å². The Balaban J connectivity index is 2.14. The van der Waals surface area contributed by atoms with Crippen molar-refractivity contribution >= 4 is 29.0 Å². The first kappa shape index (κ1) is 19.0. The number of benzene rings is 1. The van der Waals surface area contributed by atoms with Crippen molar-refractivity contribution < 1.29 is 9.53 Å². The monoisotopic (exact) mass is 362 g/mol. The minimum Gasteiger partial charge on any atom is -0.495 e. The predicted molar refractivity (Wildman–Crippen MR) is 101 cm³/mol. The molecule has 0 saturated carbocycles. The molecular weight excluding hydrogens is 340 g/mol. The Morgan fingerprint density at radius 1 is 1.16 bits per heavy atom. The van der Waals surface area contributed by atoms with Gasteiger partial charge >= 0.3 is 0 Å². The topological polar surface area (TPSA) is 67.4 Å². The van der Waals surface area contributed by atoms with Crippen molar-refractivity contribution in [3.63, 3.8) is 0 Å². The van der Waals surface area contributed by atoms with Crippen molar-refractivity contribution in [2.24, 2.45) is 0 Å². The number of rotatable bonds is 8. The van der Waals surface area contributed by atoms with Gasteiger partial charge in [0.1, 0.15) is 5.75 Å². The molecule has 6 nitrogen and oxygen atoms in total. The number of carbonyl (C=O) groups is 1. The minimum atomic E-state index is -0.364. The van der Waals surface area contributed by atoms with Gasteiger partial charge in [0.15, 0.2) is 11.5 Å². The van der Waals surface area contributed by atoms with Crippen LogP contribution in [0.5, 0.6) is 5.75 Å². The highest BCUT2D eigenvalue weighted by Gasteiger charge is 2.14. The van der Waals surface area contributed by atoms with Crippen LogP contribution in [0.3, 0.4) is 0 Å². The fraction of sp³-hybridized carbons (Fsp3) is 0.389. The fourth-order valence-electron chi connectivity index (χ4n) is 2.46. The first-order valence-electron chi connectivity index (χ1n) is 8.32. The van der Waals surface area contributed by atoms with Crippen molar-refractivity contribution in [1.29, 1.82) is 0 Å². The van der Waals surface area contributed by atoms with Gasteiger partial charge in [0.25, 0.3) is 5.91 Å². The zero-order valence-corrected chi connectivity index (χ0v) is 15.5. The molecule has 0 radical (unpaired) electrons. The van der Waals surface area contributed by atoms with Crippen LogP contribution in [0.25, 0.3) is 0 Å². The SMILES string of the molecule is CCCN(CCC)c1ccc(C(=O)Nc2cc(Cl)ccc2OC)nn1. The normalized spacial score (nSPS) is 10.4. The lowest BCUT2D eigenvalue weighted by Crippen LogP contribution is -2.26. The van der Waals surface area contributed by atoms with E-state index in [9.17, 15) is 4.79 Å². The number of nitrogens with one attached hydrogen (secondary N) is 1. The Kier molecular flexibility index (Phi) is 7.01. The van der Waals surface area contributed by atoms with Gasteiger partial charge in [-0.3, -0.25) is 4.79 Å². The molecule has 1 aromatic heterocycles. The molecule has 0 saturated heterocycles. The average molecular weight is 363 g/mol. The maximum Gasteiger partial charge on any atom is 0.276 e. The number of hydrogen-bond donors (Lipinski definition) is 1. The molecule has 25 heavy (non-hydrogen) atoms. The molecule has 1 amide bonds. The van der Waals surface area contributed by atoms with Crippen LogP contribution in [0, 0.1) is 0 Å². The number of ether oxygens (including phenoxy) is 1. The van der Waals surface area contributed by atoms with Gasteiger partial charge in [-0.25, -0.2) is 0 Å². The number of hydrogen-bond acceptors (Lipinski definition) is 5. The molecule has 1 N–H and O–H groups in total. The number of anilines is 2. The summed E-state index contributed by atoms with van der Waals surface area (Å²) >= 11 is 5.98. The Labute approximate surface area is 153 Å². The number of methoxy groups -OCH3 is 1. The third-order valence-corrected chi connectivity index (χ3v) is 3.84. The van der Waals surface area contributed by atoms with Crippen LogP contribution in [0.1, 0.15) is 37.2 Å². The quantitative estimate of drug-likeness (QED) is 0.768. The van der Waals surface area contributed by atoms with Gasteiger partial charge in [-0.2, -0.15) is 0 Å². The largest absolute Gasteiger partial charge is 0.495 e. The maximum atomic E-state index is 12.4. The second-order valence-corrected chi connectivity index (χ2v) is 6.00. The van der Waals surface area contributed by atoms with Crippen LogP contribution >= 0.6 is 11.6 Å². The summed E-state index contributed by atoms with van der Waals surface area (Å²) in [4.78, 5) is 14.6. The van der Waals surface area contributed by atoms with Crippen molar-refractivity contribution in [3.05, 3.63) is 41.0 Å². The maximum absolute atomic E-state index is 12.4. The molecule has 2 aromatic rings. The number of aromatic nitrogens is 2. The van der Waals surface area contributed by atoms with E-state index in [0.717, 1.165) is 31.7 Å². The molecule has 0 fully saturated rings. The van der Waals surface area contributed by atoms with Crippen LogP contribution < -0.4 is 15.0 Å². The highest BCUT2D eigenvalue weighted by Crippen LogP contribution is 2.28. The van der Waals surface area contributed by atoms with Crippen LogP contribution in [0.2, 0.25) is 5.02 Å². The molecule has 0 unspecified atom stereocenters. The van der Waals surface area contributed by atoms with Crippen LogP contribution in [0.4, 0.5) is 11.5 Å². The third kappa shape index (κ3) is 5.06. The lowest BCUT2D eigenvalue weighted by molar-refractivity contribution is 0.102. The van der Waals surface area contributed by atoms with E-state index >= 15 is 0 Å². The van der Waals surface area contributed by atoms with E-state index in [1.54, 1.807) is 24.3 Å². The molecule has 134 valence electrons. The van der Waals surface area contributed by atoms with Crippen molar-refractivity contribution in [1.82, 2.24) is 10.2 Å². The third-order valence-electron chi connectivity index (χ3n) is 3.60. The van der Waals surface area contributed by atoms with Crippen molar-refractivity contribution in [3.8, 4) is 5.75 Å². The molecule has 7 heteroatoms. The van der Waals surface area contributed by atoms with Gasteiger partial charge in [-0.15, -0.1) is 10.2 Å². The van der Waals surface area contributed by atoms with Gasteiger partial charge in [0, 0.05) is 18.1 Å². The van der Waals surface area contributed by atoms with Crippen molar-refractivity contribution in [2.45, 2.75) is 26.7 Å². The zero-order chi connectivity index (χ0) is 18.2.